The molecule has 0 saturated carbocycles. The maximum atomic E-state index is 10.7. The van der Waals surface area contributed by atoms with Gasteiger partial charge in [-0.25, -0.2) is 0 Å². The molecule has 1 aliphatic rings. The summed E-state index contributed by atoms with van der Waals surface area (Å²) in [5, 5.41) is 19.2. The van der Waals surface area contributed by atoms with Gasteiger partial charge in [0.15, 0.2) is 12.0 Å². The number of hydrogen-bond acceptors (Lipinski definition) is 4. The first-order valence-electron chi connectivity index (χ1n) is 7.40. The van der Waals surface area contributed by atoms with Gasteiger partial charge in [-0.05, 0) is 29.7 Å². The Morgan fingerprint density at radius 1 is 1.41 bits per heavy atom. The minimum absolute atomic E-state index is 0.0122. The molecule has 0 radical (unpaired) electrons. The molecule has 0 spiro atoms. The van der Waals surface area contributed by atoms with E-state index >= 15 is 0 Å². The highest BCUT2D eigenvalue weighted by molar-refractivity contribution is 5.66. The number of carbonyl (C=O) groups excluding carboxylic acids is 1. The summed E-state index contributed by atoms with van der Waals surface area (Å²) < 4.78 is 4.73. The fraction of sp³-hybridized carbons (Fsp3) is 0.611. The first-order valence-corrected chi connectivity index (χ1v) is 7.40. The van der Waals surface area contributed by atoms with Gasteiger partial charge in [0, 0.05) is 13.3 Å². The van der Waals surface area contributed by atoms with Crippen molar-refractivity contribution in [1.29, 1.82) is 10.5 Å². The SMILES string of the molecule is CC(=O)OCC#CCC(C#N)(C#N)C1=CC[C@H](C)CC1(C)C. The minimum Gasteiger partial charge on any atom is -0.453 e. The number of ether oxygens (including phenoxy) is 1. The zero-order valence-electron chi connectivity index (χ0n) is 13.7. The van der Waals surface area contributed by atoms with Crippen LogP contribution in [0.15, 0.2) is 11.6 Å². The predicted molar refractivity (Wildman–Crippen MR) is 82.9 cm³/mol. The summed E-state index contributed by atoms with van der Waals surface area (Å²) in [5.41, 5.74) is -0.557. The van der Waals surface area contributed by atoms with Gasteiger partial charge in [-0.15, -0.1) is 0 Å². The van der Waals surface area contributed by atoms with E-state index in [0.717, 1.165) is 18.4 Å². The molecule has 4 nitrogen and oxygen atoms in total. The second-order valence-electron chi connectivity index (χ2n) is 6.49. The fourth-order valence-electron chi connectivity index (χ4n) is 3.12. The normalized spacial score (nSPS) is 19.7. The standard InChI is InChI=1S/C18H22N2O2/c1-14-7-8-16(17(3,4)11-14)18(12-19,13-20)9-5-6-10-22-15(2)21/h8,14H,7,9-11H2,1-4H3/t14-/m0/s1. The zero-order valence-corrected chi connectivity index (χ0v) is 13.7. The second-order valence-corrected chi connectivity index (χ2v) is 6.49. The van der Waals surface area contributed by atoms with Gasteiger partial charge in [-0.1, -0.05) is 38.7 Å². The van der Waals surface area contributed by atoms with E-state index in [1.54, 1.807) is 0 Å². The molecule has 22 heavy (non-hydrogen) atoms. The van der Waals surface area contributed by atoms with E-state index in [0.29, 0.717) is 5.92 Å². The highest BCUT2D eigenvalue weighted by Gasteiger charge is 2.44. The van der Waals surface area contributed by atoms with E-state index in [1.807, 2.05) is 6.08 Å². The van der Waals surface area contributed by atoms with Crippen LogP contribution in [0.2, 0.25) is 0 Å². The molecule has 0 amide bonds. The van der Waals surface area contributed by atoms with E-state index in [2.05, 4.69) is 44.8 Å². The Bertz CT molecular complexity index is 592. The monoisotopic (exact) mass is 298 g/mol. The summed E-state index contributed by atoms with van der Waals surface area (Å²) in [6.07, 6.45) is 3.99. The average molecular weight is 298 g/mol. The lowest BCUT2D eigenvalue weighted by Gasteiger charge is -2.39. The summed E-state index contributed by atoms with van der Waals surface area (Å²) in [4.78, 5) is 10.7. The van der Waals surface area contributed by atoms with Crippen molar-refractivity contribution in [2.75, 3.05) is 6.61 Å². The Morgan fingerprint density at radius 2 is 2.05 bits per heavy atom. The highest BCUT2D eigenvalue weighted by Crippen LogP contribution is 2.48. The number of allylic oxidation sites excluding steroid dienone is 2. The first-order chi connectivity index (χ1) is 10.3. The van der Waals surface area contributed by atoms with Crippen molar-refractivity contribution >= 4 is 5.97 Å². The quantitative estimate of drug-likeness (QED) is 0.455. The molecule has 0 N–H and O–H groups in total. The maximum absolute atomic E-state index is 10.7. The third-order valence-corrected chi connectivity index (χ3v) is 3.98. The van der Waals surface area contributed by atoms with Crippen LogP contribution in [-0.2, 0) is 9.53 Å². The van der Waals surface area contributed by atoms with Gasteiger partial charge < -0.3 is 4.74 Å². The molecule has 0 bridgehead atoms. The van der Waals surface area contributed by atoms with Gasteiger partial charge in [0.1, 0.15) is 0 Å². The Kier molecular flexibility index (Phi) is 5.78. The largest absolute Gasteiger partial charge is 0.453 e. The van der Waals surface area contributed by atoms with Crippen molar-refractivity contribution in [3.63, 3.8) is 0 Å². The van der Waals surface area contributed by atoms with Crippen molar-refractivity contribution in [2.24, 2.45) is 16.7 Å². The predicted octanol–water partition coefficient (Wildman–Crippen LogP) is 3.36. The molecular formula is C18H22N2O2. The van der Waals surface area contributed by atoms with E-state index in [4.69, 9.17) is 4.74 Å². The van der Waals surface area contributed by atoms with Crippen LogP contribution in [0.25, 0.3) is 0 Å². The van der Waals surface area contributed by atoms with Crippen molar-refractivity contribution < 1.29 is 9.53 Å². The molecule has 1 aliphatic carbocycles. The molecule has 4 heteroatoms. The van der Waals surface area contributed by atoms with Gasteiger partial charge in [0.2, 0.25) is 0 Å². The third kappa shape index (κ3) is 4.12. The highest BCUT2D eigenvalue weighted by atomic mass is 16.5. The third-order valence-electron chi connectivity index (χ3n) is 3.98. The second kappa shape index (κ2) is 7.15. The van der Waals surface area contributed by atoms with Crippen LogP contribution in [0.5, 0.6) is 0 Å². The molecule has 0 aromatic carbocycles. The van der Waals surface area contributed by atoms with Crippen LogP contribution in [0.4, 0.5) is 0 Å². The summed E-state index contributed by atoms with van der Waals surface area (Å²) in [7, 11) is 0. The first kappa shape index (κ1) is 17.8. The van der Waals surface area contributed by atoms with Crippen LogP contribution in [0, 0.1) is 51.3 Å². The lowest BCUT2D eigenvalue weighted by molar-refractivity contribution is -0.139. The zero-order chi connectivity index (χ0) is 16.8. The molecule has 0 saturated heterocycles. The van der Waals surface area contributed by atoms with Crippen molar-refractivity contribution in [2.45, 2.75) is 47.0 Å². The number of nitriles is 2. The van der Waals surface area contributed by atoms with Crippen LogP contribution < -0.4 is 0 Å². The van der Waals surface area contributed by atoms with Crippen molar-refractivity contribution in [3.8, 4) is 24.0 Å². The number of nitrogens with zero attached hydrogens (tertiary/aromatic N) is 2. The Balaban J connectivity index is 3.00. The van der Waals surface area contributed by atoms with Gasteiger partial charge in [-0.2, -0.15) is 10.5 Å². The molecular weight excluding hydrogens is 276 g/mol. The van der Waals surface area contributed by atoms with Gasteiger partial charge in [0.25, 0.3) is 0 Å². The number of esters is 1. The van der Waals surface area contributed by atoms with Gasteiger partial charge in [0.05, 0.1) is 12.1 Å². The summed E-state index contributed by atoms with van der Waals surface area (Å²) >= 11 is 0. The minimum atomic E-state index is -1.23. The summed E-state index contributed by atoms with van der Waals surface area (Å²) in [5.74, 6) is 5.66. The van der Waals surface area contributed by atoms with Crippen LogP contribution in [0.3, 0.4) is 0 Å². The molecule has 116 valence electrons. The molecule has 0 fully saturated rings. The number of hydrogen-bond donors (Lipinski definition) is 0. The Morgan fingerprint density at radius 3 is 2.55 bits per heavy atom. The Hall–Kier alpha value is -2.25. The molecule has 0 aromatic heterocycles. The van der Waals surface area contributed by atoms with Crippen molar-refractivity contribution in [3.05, 3.63) is 11.6 Å². The molecule has 0 aliphatic heterocycles. The number of rotatable bonds is 3. The molecule has 0 aromatic rings. The lowest BCUT2D eigenvalue weighted by Crippen LogP contribution is -2.33. The van der Waals surface area contributed by atoms with Crippen LogP contribution in [0.1, 0.15) is 47.0 Å². The Labute approximate surface area is 132 Å². The smallest absolute Gasteiger partial charge is 0.303 e. The van der Waals surface area contributed by atoms with Crippen molar-refractivity contribution in [1.82, 2.24) is 0 Å². The van der Waals surface area contributed by atoms with E-state index < -0.39 is 11.4 Å². The molecule has 1 rings (SSSR count). The maximum Gasteiger partial charge on any atom is 0.303 e. The van der Waals surface area contributed by atoms with E-state index in [-0.39, 0.29) is 18.4 Å². The average Bonchev–Trinajstić information content (AvgIpc) is 2.43. The van der Waals surface area contributed by atoms with Crippen LogP contribution >= 0.6 is 0 Å². The lowest BCUT2D eigenvalue weighted by atomic mass is 9.62. The van der Waals surface area contributed by atoms with Crippen LogP contribution in [-0.4, -0.2) is 12.6 Å². The van der Waals surface area contributed by atoms with E-state index in [9.17, 15) is 15.3 Å². The molecule has 1 atom stereocenters. The molecule has 0 unspecified atom stereocenters. The topological polar surface area (TPSA) is 73.9 Å². The summed E-state index contributed by atoms with van der Waals surface area (Å²) in [6.45, 7) is 7.62. The number of carbonyl (C=O) groups is 1. The fourth-order valence-corrected chi connectivity index (χ4v) is 3.12. The molecule has 0 heterocycles. The summed E-state index contributed by atoms with van der Waals surface area (Å²) in [6, 6.07) is 4.33. The van der Waals surface area contributed by atoms with Gasteiger partial charge in [-0.3, -0.25) is 4.79 Å². The van der Waals surface area contributed by atoms with Gasteiger partial charge >= 0.3 is 5.97 Å². The van der Waals surface area contributed by atoms with E-state index in [1.165, 1.54) is 6.92 Å².